The Labute approximate surface area is 127 Å². The summed E-state index contributed by atoms with van der Waals surface area (Å²) in [5.41, 5.74) is 2.70. The lowest BCUT2D eigenvalue weighted by Crippen LogP contribution is -2.03. The van der Waals surface area contributed by atoms with Gasteiger partial charge in [0, 0.05) is 29.5 Å². The summed E-state index contributed by atoms with van der Waals surface area (Å²) >= 11 is 5.96. The van der Waals surface area contributed by atoms with Gasteiger partial charge in [-0.25, -0.2) is 4.98 Å². The predicted molar refractivity (Wildman–Crippen MR) is 84.0 cm³/mol. The van der Waals surface area contributed by atoms with Crippen LogP contribution in [0, 0.1) is 0 Å². The molecule has 21 heavy (non-hydrogen) atoms. The molecular weight excluding hydrogens is 286 g/mol. The van der Waals surface area contributed by atoms with Gasteiger partial charge in [0.05, 0.1) is 17.7 Å². The molecule has 0 aliphatic carbocycles. The molecule has 0 aliphatic rings. The first kappa shape index (κ1) is 13.5. The number of imidazole rings is 1. The average molecular weight is 300 g/mol. The molecule has 0 saturated heterocycles. The first-order valence-electron chi connectivity index (χ1n) is 6.52. The SMILES string of the molecule is Oc1ccc(Cl)cc1CNc1ccccc1-n1ccnc1. The lowest BCUT2D eigenvalue weighted by atomic mass is 10.2. The zero-order chi connectivity index (χ0) is 14.7. The van der Waals surface area contributed by atoms with Crippen LogP contribution in [-0.2, 0) is 6.54 Å². The van der Waals surface area contributed by atoms with E-state index in [0.717, 1.165) is 16.9 Å². The summed E-state index contributed by atoms with van der Waals surface area (Å²) in [6, 6.07) is 12.9. The Morgan fingerprint density at radius 3 is 2.86 bits per heavy atom. The van der Waals surface area contributed by atoms with Crippen LogP contribution >= 0.6 is 11.6 Å². The molecule has 0 atom stereocenters. The fourth-order valence-electron chi connectivity index (χ4n) is 2.14. The molecule has 4 nitrogen and oxygen atoms in total. The van der Waals surface area contributed by atoms with Crippen LogP contribution in [0.4, 0.5) is 5.69 Å². The number of aromatic hydroxyl groups is 1. The summed E-state index contributed by atoms with van der Waals surface area (Å²) in [4.78, 5) is 4.06. The van der Waals surface area contributed by atoms with Gasteiger partial charge in [0.15, 0.2) is 0 Å². The molecule has 0 fully saturated rings. The molecule has 5 heteroatoms. The summed E-state index contributed by atoms with van der Waals surface area (Å²) in [6.45, 7) is 0.484. The third-order valence-corrected chi connectivity index (χ3v) is 3.43. The van der Waals surface area contributed by atoms with E-state index in [1.807, 2.05) is 35.0 Å². The van der Waals surface area contributed by atoms with Crippen LogP contribution in [0.25, 0.3) is 5.69 Å². The number of nitrogens with zero attached hydrogens (tertiary/aromatic N) is 2. The highest BCUT2D eigenvalue weighted by Gasteiger charge is 2.06. The van der Waals surface area contributed by atoms with Crippen LogP contribution < -0.4 is 5.32 Å². The minimum absolute atomic E-state index is 0.229. The molecule has 2 aromatic carbocycles. The molecule has 106 valence electrons. The first-order chi connectivity index (χ1) is 10.2. The van der Waals surface area contributed by atoms with Crippen molar-refractivity contribution in [1.29, 1.82) is 0 Å². The number of aromatic nitrogens is 2. The molecule has 0 aliphatic heterocycles. The van der Waals surface area contributed by atoms with E-state index >= 15 is 0 Å². The molecule has 0 saturated carbocycles. The van der Waals surface area contributed by atoms with Crippen LogP contribution in [0.3, 0.4) is 0 Å². The number of hydrogen-bond donors (Lipinski definition) is 2. The standard InChI is InChI=1S/C16H14ClN3O/c17-13-5-6-16(21)12(9-13)10-19-14-3-1-2-4-15(14)20-8-7-18-11-20/h1-9,11,19,21H,10H2. The molecule has 0 unspecified atom stereocenters. The highest BCUT2D eigenvalue weighted by molar-refractivity contribution is 6.30. The Morgan fingerprint density at radius 1 is 1.19 bits per heavy atom. The summed E-state index contributed by atoms with van der Waals surface area (Å²) in [5, 5.41) is 13.8. The van der Waals surface area contributed by atoms with Crippen molar-refractivity contribution in [2.24, 2.45) is 0 Å². The number of phenols is 1. The zero-order valence-electron chi connectivity index (χ0n) is 11.2. The van der Waals surface area contributed by atoms with E-state index in [2.05, 4.69) is 10.3 Å². The number of para-hydroxylation sites is 2. The summed E-state index contributed by atoms with van der Waals surface area (Å²) in [6.07, 6.45) is 5.37. The van der Waals surface area contributed by atoms with Gasteiger partial charge in [-0.1, -0.05) is 23.7 Å². The molecule has 1 heterocycles. The number of halogens is 1. The fraction of sp³-hybridized carbons (Fsp3) is 0.0625. The maximum Gasteiger partial charge on any atom is 0.120 e. The second-order valence-corrected chi connectivity index (χ2v) is 5.05. The second-order valence-electron chi connectivity index (χ2n) is 4.61. The Balaban J connectivity index is 1.84. The van der Waals surface area contributed by atoms with Crippen LogP contribution in [0.2, 0.25) is 5.02 Å². The van der Waals surface area contributed by atoms with Crippen molar-refractivity contribution in [2.75, 3.05) is 5.32 Å². The average Bonchev–Trinajstić information content (AvgIpc) is 3.03. The molecule has 1 aromatic heterocycles. The van der Waals surface area contributed by atoms with E-state index in [0.29, 0.717) is 11.6 Å². The van der Waals surface area contributed by atoms with Gasteiger partial charge in [0.1, 0.15) is 5.75 Å². The van der Waals surface area contributed by atoms with Crippen LogP contribution in [0.1, 0.15) is 5.56 Å². The van der Waals surface area contributed by atoms with E-state index in [1.54, 1.807) is 30.7 Å². The molecule has 2 N–H and O–H groups in total. The van der Waals surface area contributed by atoms with Gasteiger partial charge >= 0.3 is 0 Å². The Morgan fingerprint density at radius 2 is 2.05 bits per heavy atom. The minimum Gasteiger partial charge on any atom is -0.508 e. The van der Waals surface area contributed by atoms with Crippen molar-refractivity contribution in [3.8, 4) is 11.4 Å². The van der Waals surface area contributed by atoms with Crippen molar-refractivity contribution in [3.63, 3.8) is 0 Å². The quantitative estimate of drug-likeness (QED) is 0.769. The Bertz CT molecular complexity index is 741. The molecule has 0 radical (unpaired) electrons. The van der Waals surface area contributed by atoms with E-state index < -0.39 is 0 Å². The monoisotopic (exact) mass is 299 g/mol. The van der Waals surface area contributed by atoms with Crippen molar-refractivity contribution < 1.29 is 5.11 Å². The molecule has 0 amide bonds. The van der Waals surface area contributed by atoms with Crippen LogP contribution in [-0.4, -0.2) is 14.7 Å². The Hall–Kier alpha value is -2.46. The fourth-order valence-corrected chi connectivity index (χ4v) is 2.33. The molecule has 0 spiro atoms. The van der Waals surface area contributed by atoms with E-state index in [4.69, 9.17) is 11.6 Å². The van der Waals surface area contributed by atoms with E-state index in [-0.39, 0.29) is 5.75 Å². The summed E-state index contributed by atoms with van der Waals surface area (Å²) < 4.78 is 1.93. The maximum atomic E-state index is 9.85. The molecule has 3 aromatic rings. The number of nitrogens with one attached hydrogen (secondary N) is 1. The van der Waals surface area contributed by atoms with Crippen molar-refractivity contribution in [2.45, 2.75) is 6.54 Å². The van der Waals surface area contributed by atoms with Gasteiger partial charge in [-0.05, 0) is 30.3 Å². The highest BCUT2D eigenvalue weighted by Crippen LogP contribution is 2.24. The largest absolute Gasteiger partial charge is 0.508 e. The third-order valence-electron chi connectivity index (χ3n) is 3.20. The van der Waals surface area contributed by atoms with Crippen LogP contribution in [0.15, 0.2) is 61.2 Å². The third kappa shape index (κ3) is 3.01. The minimum atomic E-state index is 0.229. The van der Waals surface area contributed by atoms with Gasteiger partial charge in [-0.2, -0.15) is 0 Å². The Kier molecular flexibility index (Phi) is 3.79. The molecular formula is C16H14ClN3O. The smallest absolute Gasteiger partial charge is 0.120 e. The van der Waals surface area contributed by atoms with Crippen molar-refractivity contribution in [3.05, 3.63) is 71.8 Å². The van der Waals surface area contributed by atoms with Gasteiger partial charge < -0.3 is 15.0 Å². The van der Waals surface area contributed by atoms with Crippen molar-refractivity contribution >= 4 is 17.3 Å². The van der Waals surface area contributed by atoms with Gasteiger partial charge in [-0.15, -0.1) is 0 Å². The summed E-state index contributed by atoms with van der Waals surface area (Å²) in [7, 11) is 0. The first-order valence-corrected chi connectivity index (χ1v) is 6.90. The topological polar surface area (TPSA) is 50.1 Å². The maximum absolute atomic E-state index is 9.85. The molecule has 3 rings (SSSR count). The van der Waals surface area contributed by atoms with Gasteiger partial charge in [0.25, 0.3) is 0 Å². The second kappa shape index (κ2) is 5.89. The zero-order valence-corrected chi connectivity index (χ0v) is 12.0. The number of rotatable bonds is 4. The summed E-state index contributed by atoms with van der Waals surface area (Å²) in [5.74, 6) is 0.229. The lowest BCUT2D eigenvalue weighted by molar-refractivity contribution is 0.469. The van der Waals surface area contributed by atoms with Gasteiger partial charge in [0.2, 0.25) is 0 Å². The van der Waals surface area contributed by atoms with Crippen molar-refractivity contribution in [1.82, 2.24) is 9.55 Å². The highest BCUT2D eigenvalue weighted by atomic mass is 35.5. The van der Waals surface area contributed by atoms with E-state index in [1.165, 1.54) is 0 Å². The predicted octanol–water partition coefficient (Wildman–Crippen LogP) is 3.84. The van der Waals surface area contributed by atoms with E-state index in [9.17, 15) is 5.11 Å². The van der Waals surface area contributed by atoms with Crippen LogP contribution in [0.5, 0.6) is 5.75 Å². The number of anilines is 1. The molecule has 0 bridgehead atoms. The normalized spacial score (nSPS) is 10.5. The number of phenolic OH excluding ortho intramolecular Hbond substituents is 1. The lowest BCUT2D eigenvalue weighted by Gasteiger charge is -2.13. The number of benzene rings is 2. The number of hydrogen-bond acceptors (Lipinski definition) is 3. The van der Waals surface area contributed by atoms with Gasteiger partial charge in [-0.3, -0.25) is 0 Å².